The molecule has 2 rings (SSSR count). The van der Waals surface area contributed by atoms with E-state index in [2.05, 4.69) is 25.6 Å². The first-order chi connectivity index (χ1) is 8.88. The average Bonchev–Trinajstić information content (AvgIpc) is 2.27. The van der Waals surface area contributed by atoms with Crippen LogP contribution in [-0.4, -0.2) is 31.8 Å². The van der Waals surface area contributed by atoms with Crippen molar-refractivity contribution in [1.82, 2.24) is 5.32 Å². The van der Waals surface area contributed by atoms with Gasteiger partial charge in [-0.2, -0.15) is 0 Å². The third kappa shape index (κ3) is 3.18. The van der Waals surface area contributed by atoms with Crippen molar-refractivity contribution in [2.24, 2.45) is 4.99 Å². The van der Waals surface area contributed by atoms with E-state index in [4.69, 9.17) is 0 Å². The van der Waals surface area contributed by atoms with Gasteiger partial charge in [0.1, 0.15) is 0 Å². The number of nitrogens with zero attached hydrogens (tertiary/aromatic N) is 1. The number of halogens is 1. The number of rotatable bonds is 3. The fourth-order valence-corrected chi connectivity index (χ4v) is 2.96. The summed E-state index contributed by atoms with van der Waals surface area (Å²) in [6.07, 6.45) is 0.807. The number of hydrogen-bond donors (Lipinski definition) is 2. The topological polar surface area (TPSA) is 105 Å². The SMILES string of the molecule is O=C1N=CC(S(=O)(=O)Nc2cccc(Br)c2)C(=O)N1. The molecular weight excluding hydrogens is 338 g/mol. The molecule has 19 heavy (non-hydrogen) atoms. The van der Waals surface area contributed by atoms with Gasteiger partial charge in [0.15, 0.2) is 5.25 Å². The van der Waals surface area contributed by atoms with Gasteiger partial charge in [0, 0.05) is 16.4 Å². The molecule has 0 bridgehead atoms. The first kappa shape index (κ1) is 13.7. The second-order valence-corrected chi connectivity index (χ2v) is 6.37. The van der Waals surface area contributed by atoms with Crippen LogP contribution in [0.4, 0.5) is 10.5 Å². The highest BCUT2D eigenvalue weighted by atomic mass is 79.9. The van der Waals surface area contributed by atoms with Gasteiger partial charge in [-0.3, -0.25) is 14.8 Å². The molecule has 2 N–H and O–H groups in total. The molecule has 7 nitrogen and oxygen atoms in total. The van der Waals surface area contributed by atoms with Crippen molar-refractivity contribution in [3.8, 4) is 0 Å². The second kappa shape index (κ2) is 5.10. The van der Waals surface area contributed by atoms with Crippen LogP contribution in [0.5, 0.6) is 0 Å². The van der Waals surface area contributed by atoms with Crippen molar-refractivity contribution < 1.29 is 18.0 Å². The number of amides is 3. The van der Waals surface area contributed by atoms with Crippen LogP contribution in [0.25, 0.3) is 0 Å². The van der Waals surface area contributed by atoms with Crippen LogP contribution in [0, 0.1) is 0 Å². The molecule has 1 atom stereocenters. The monoisotopic (exact) mass is 345 g/mol. The fourth-order valence-electron chi connectivity index (χ4n) is 1.41. The van der Waals surface area contributed by atoms with E-state index in [0.29, 0.717) is 10.2 Å². The summed E-state index contributed by atoms with van der Waals surface area (Å²) in [4.78, 5) is 25.5. The lowest BCUT2D eigenvalue weighted by Crippen LogP contribution is -2.48. The van der Waals surface area contributed by atoms with Gasteiger partial charge >= 0.3 is 6.03 Å². The second-order valence-electron chi connectivity index (χ2n) is 3.65. The van der Waals surface area contributed by atoms with Crippen molar-refractivity contribution in [2.75, 3.05) is 4.72 Å². The molecule has 0 fully saturated rings. The van der Waals surface area contributed by atoms with Crippen LogP contribution >= 0.6 is 15.9 Å². The molecule has 1 unspecified atom stereocenters. The Morgan fingerprint density at radius 2 is 2.05 bits per heavy atom. The molecular formula is C10H8BrN3O4S. The molecule has 3 amide bonds. The predicted molar refractivity (Wildman–Crippen MR) is 72.5 cm³/mol. The Kier molecular flexibility index (Phi) is 3.67. The van der Waals surface area contributed by atoms with Gasteiger partial charge < -0.3 is 0 Å². The quantitative estimate of drug-likeness (QED) is 0.848. The third-order valence-corrected chi connectivity index (χ3v) is 4.25. The Bertz CT molecular complexity index is 671. The van der Waals surface area contributed by atoms with Crippen molar-refractivity contribution in [3.05, 3.63) is 28.7 Å². The first-order valence-electron chi connectivity index (χ1n) is 5.05. The van der Waals surface area contributed by atoms with Gasteiger partial charge in [-0.25, -0.2) is 18.2 Å². The van der Waals surface area contributed by atoms with Gasteiger partial charge in [-0.1, -0.05) is 22.0 Å². The number of carbonyl (C=O) groups excluding carboxylic acids is 2. The summed E-state index contributed by atoms with van der Waals surface area (Å²) in [5, 5.41) is 0.291. The van der Waals surface area contributed by atoms with Crippen LogP contribution < -0.4 is 10.0 Å². The number of anilines is 1. The molecule has 0 spiro atoms. The number of imide groups is 1. The lowest BCUT2D eigenvalue weighted by molar-refractivity contribution is -0.118. The number of urea groups is 1. The first-order valence-corrected chi connectivity index (χ1v) is 7.38. The Labute approximate surface area is 117 Å². The number of sulfonamides is 1. The van der Waals surface area contributed by atoms with Gasteiger partial charge in [0.2, 0.25) is 10.0 Å². The highest BCUT2D eigenvalue weighted by Gasteiger charge is 2.35. The highest BCUT2D eigenvalue weighted by molar-refractivity contribution is 9.10. The summed E-state index contributed by atoms with van der Waals surface area (Å²) in [6, 6.07) is 5.57. The smallest absolute Gasteiger partial charge is 0.283 e. The lowest BCUT2D eigenvalue weighted by atomic mass is 10.3. The largest absolute Gasteiger partial charge is 0.347 e. The van der Waals surface area contributed by atoms with Crippen LogP contribution in [0.1, 0.15) is 0 Å². The summed E-state index contributed by atoms with van der Waals surface area (Å²) in [6.45, 7) is 0. The molecule has 0 aliphatic carbocycles. The van der Waals surface area contributed by atoms with E-state index in [1.54, 1.807) is 18.2 Å². The minimum Gasteiger partial charge on any atom is -0.283 e. The zero-order chi connectivity index (χ0) is 14.0. The third-order valence-electron chi connectivity index (χ3n) is 2.23. The maximum absolute atomic E-state index is 12.0. The minimum atomic E-state index is -4.01. The van der Waals surface area contributed by atoms with Crippen LogP contribution in [-0.2, 0) is 14.8 Å². The number of aliphatic imine (C=N–C) groups is 1. The van der Waals surface area contributed by atoms with E-state index in [1.807, 2.05) is 5.32 Å². The minimum absolute atomic E-state index is 0.299. The zero-order valence-electron chi connectivity index (χ0n) is 9.33. The molecule has 1 aromatic carbocycles. The van der Waals surface area contributed by atoms with Gasteiger partial charge in [-0.05, 0) is 18.2 Å². The van der Waals surface area contributed by atoms with Crippen LogP contribution in [0.3, 0.4) is 0 Å². The molecule has 1 heterocycles. The summed E-state index contributed by atoms with van der Waals surface area (Å²) >= 11 is 3.20. The van der Waals surface area contributed by atoms with Crippen LogP contribution in [0.2, 0.25) is 0 Å². The molecule has 0 radical (unpaired) electrons. The molecule has 0 saturated heterocycles. The van der Waals surface area contributed by atoms with Crippen molar-refractivity contribution >= 4 is 49.8 Å². The number of hydrogen-bond acceptors (Lipinski definition) is 4. The van der Waals surface area contributed by atoms with E-state index in [-0.39, 0.29) is 0 Å². The molecule has 9 heteroatoms. The molecule has 100 valence electrons. The van der Waals surface area contributed by atoms with Gasteiger partial charge in [0.25, 0.3) is 5.91 Å². The number of nitrogens with one attached hydrogen (secondary N) is 2. The number of carbonyl (C=O) groups is 2. The molecule has 1 aliphatic rings. The van der Waals surface area contributed by atoms with E-state index in [0.717, 1.165) is 6.21 Å². The van der Waals surface area contributed by atoms with Crippen molar-refractivity contribution in [2.45, 2.75) is 5.25 Å². The van der Waals surface area contributed by atoms with E-state index in [9.17, 15) is 18.0 Å². The molecule has 0 aromatic heterocycles. The summed E-state index contributed by atoms with van der Waals surface area (Å²) in [5.41, 5.74) is 0.299. The summed E-state index contributed by atoms with van der Waals surface area (Å²) < 4.78 is 26.9. The fraction of sp³-hybridized carbons (Fsp3) is 0.100. The van der Waals surface area contributed by atoms with Gasteiger partial charge in [-0.15, -0.1) is 0 Å². The summed E-state index contributed by atoms with van der Waals surface area (Å²) in [5.74, 6) is -0.928. The standard InChI is InChI=1S/C10H8BrN3O4S/c11-6-2-1-3-7(4-6)14-19(17,18)8-5-12-10(16)13-9(8)15/h1-5,8,14H,(H,13,15,16). The molecule has 0 saturated carbocycles. The Morgan fingerprint density at radius 1 is 1.32 bits per heavy atom. The Hall–Kier alpha value is -1.74. The normalized spacial score (nSPS) is 19.1. The maximum Gasteiger partial charge on any atom is 0.347 e. The lowest BCUT2D eigenvalue weighted by Gasteiger charge is -2.16. The van der Waals surface area contributed by atoms with Gasteiger partial charge in [0.05, 0.1) is 0 Å². The number of benzene rings is 1. The highest BCUT2D eigenvalue weighted by Crippen LogP contribution is 2.18. The summed E-state index contributed by atoms with van der Waals surface area (Å²) in [7, 11) is -4.01. The van der Waals surface area contributed by atoms with Crippen LogP contribution in [0.15, 0.2) is 33.7 Å². The molecule has 1 aromatic rings. The zero-order valence-corrected chi connectivity index (χ0v) is 11.7. The maximum atomic E-state index is 12.0. The van der Waals surface area contributed by atoms with Crippen molar-refractivity contribution in [3.63, 3.8) is 0 Å². The predicted octanol–water partition coefficient (Wildman–Crippen LogP) is 0.880. The Morgan fingerprint density at radius 3 is 2.68 bits per heavy atom. The Balaban J connectivity index is 2.26. The van der Waals surface area contributed by atoms with E-state index in [1.165, 1.54) is 6.07 Å². The van der Waals surface area contributed by atoms with Crippen molar-refractivity contribution in [1.29, 1.82) is 0 Å². The van der Waals surface area contributed by atoms with E-state index < -0.39 is 27.2 Å². The van der Waals surface area contributed by atoms with E-state index >= 15 is 0 Å². The molecule has 1 aliphatic heterocycles. The average molecular weight is 346 g/mol.